The van der Waals surface area contributed by atoms with Crippen LogP contribution < -0.4 is 5.32 Å². The van der Waals surface area contributed by atoms with Crippen LogP contribution in [0.1, 0.15) is 25.0 Å². The number of nitrogens with one attached hydrogen (secondary N) is 1. The second kappa shape index (κ2) is 6.71. The van der Waals surface area contributed by atoms with Gasteiger partial charge in [-0.3, -0.25) is 0 Å². The molecule has 0 heterocycles. The summed E-state index contributed by atoms with van der Waals surface area (Å²) in [6.07, 6.45) is 0.643. The molecule has 0 aromatic heterocycles. The Hall–Kier alpha value is -1.19. The van der Waals surface area contributed by atoms with Crippen LogP contribution in [0, 0.1) is 5.82 Å². The molecule has 0 radical (unpaired) electrons. The van der Waals surface area contributed by atoms with E-state index in [1.165, 1.54) is 11.6 Å². The number of benzene rings is 2. The van der Waals surface area contributed by atoms with Crippen LogP contribution in [0.15, 0.2) is 53.0 Å². The molecule has 2 rings (SSSR count). The number of rotatable bonds is 5. The highest BCUT2D eigenvalue weighted by Gasteiger charge is 2.30. The molecular weight excluding hydrogens is 329 g/mol. The van der Waals surface area contributed by atoms with Crippen molar-refractivity contribution in [2.24, 2.45) is 0 Å². The van der Waals surface area contributed by atoms with Crippen molar-refractivity contribution < 1.29 is 4.39 Å². The van der Waals surface area contributed by atoms with Gasteiger partial charge < -0.3 is 5.32 Å². The average molecular weight is 350 g/mol. The van der Waals surface area contributed by atoms with E-state index in [1.807, 2.05) is 31.3 Å². The maximum atomic E-state index is 14.0. The topological polar surface area (TPSA) is 12.0 Å². The van der Waals surface area contributed by atoms with Gasteiger partial charge >= 0.3 is 0 Å². The fourth-order valence-electron chi connectivity index (χ4n) is 2.71. The lowest BCUT2D eigenvalue weighted by atomic mass is 9.75. The molecule has 0 saturated heterocycles. The Kier molecular flexibility index (Phi) is 5.17. The fourth-order valence-corrected chi connectivity index (χ4v) is 3.12. The summed E-state index contributed by atoms with van der Waals surface area (Å²) in [6, 6.07) is 15.6. The standard InChI is InChI=1S/C18H21BrFN/c1-18(2,14-7-5-4-6-8-14)17(21-3)12-13-11-15(19)9-10-16(13)20/h4-11,17,21H,12H2,1-3H3. The van der Waals surface area contributed by atoms with Crippen LogP contribution in [0.25, 0.3) is 0 Å². The van der Waals surface area contributed by atoms with Crippen molar-refractivity contribution in [1.29, 1.82) is 0 Å². The summed E-state index contributed by atoms with van der Waals surface area (Å²) in [5, 5.41) is 3.35. The minimum Gasteiger partial charge on any atom is -0.316 e. The number of halogens is 2. The highest BCUT2D eigenvalue weighted by atomic mass is 79.9. The summed E-state index contributed by atoms with van der Waals surface area (Å²) in [4.78, 5) is 0. The van der Waals surface area contributed by atoms with E-state index in [4.69, 9.17) is 0 Å². The largest absolute Gasteiger partial charge is 0.316 e. The molecule has 112 valence electrons. The number of hydrogen-bond donors (Lipinski definition) is 1. The van der Waals surface area contributed by atoms with Crippen molar-refractivity contribution in [1.82, 2.24) is 5.32 Å². The van der Waals surface area contributed by atoms with E-state index < -0.39 is 0 Å². The first-order chi connectivity index (χ1) is 9.95. The van der Waals surface area contributed by atoms with Crippen LogP contribution in [0.3, 0.4) is 0 Å². The molecule has 2 aromatic carbocycles. The van der Waals surface area contributed by atoms with Crippen LogP contribution in [-0.4, -0.2) is 13.1 Å². The summed E-state index contributed by atoms with van der Waals surface area (Å²) in [5.41, 5.74) is 1.89. The first-order valence-corrected chi connectivity index (χ1v) is 7.91. The molecule has 1 nitrogen and oxygen atoms in total. The summed E-state index contributed by atoms with van der Waals surface area (Å²) < 4.78 is 14.9. The van der Waals surface area contributed by atoms with E-state index in [-0.39, 0.29) is 17.3 Å². The monoisotopic (exact) mass is 349 g/mol. The van der Waals surface area contributed by atoms with Crippen molar-refractivity contribution in [2.45, 2.75) is 31.7 Å². The molecule has 1 N–H and O–H groups in total. The third-order valence-corrected chi connectivity index (χ3v) is 4.66. The Bertz CT molecular complexity index is 595. The zero-order chi connectivity index (χ0) is 15.5. The van der Waals surface area contributed by atoms with Crippen LogP contribution in [0.4, 0.5) is 4.39 Å². The minimum atomic E-state index is -0.151. The average Bonchev–Trinajstić information content (AvgIpc) is 2.48. The first kappa shape index (κ1) is 16.2. The summed E-state index contributed by atoms with van der Waals surface area (Å²) >= 11 is 3.42. The van der Waals surface area contributed by atoms with Crippen LogP contribution in [0.5, 0.6) is 0 Å². The predicted octanol–water partition coefficient (Wildman–Crippen LogP) is 4.70. The minimum absolute atomic E-state index is 0.0925. The van der Waals surface area contributed by atoms with E-state index in [1.54, 1.807) is 6.07 Å². The van der Waals surface area contributed by atoms with Gasteiger partial charge in [0.2, 0.25) is 0 Å². The summed E-state index contributed by atoms with van der Waals surface area (Å²) in [6.45, 7) is 4.39. The molecule has 3 heteroatoms. The molecule has 0 fully saturated rings. The van der Waals surface area contributed by atoms with Gasteiger partial charge in [0.15, 0.2) is 0 Å². The van der Waals surface area contributed by atoms with Crippen LogP contribution in [-0.2, 0) is 11.8 Å². The highest BCUT2D eigenvalue weighted by molar-refractivity contribution is 9.10. The molecule has 2 aromatic rings. The molecule has 0 bridgehead atoms. The third kappa shape index (κ3) is 3.72. The van der Waals surface area contributed by atoms with Gasteiger partial charge in [0.05, 0.1) is 0 Å². The van der Waals surface area contributed by atoms with Gasteiger partial charge in [0.1, 0.15) is 5.82 Å². The quantitative estimate of drug-likeness (QED) is 0.825. The molecule has 0 saturated carbocycles. The number of likely N-dealkylation sites (N-methyl/N-ethyl adjacent to an activating group) is 1. The zero-order valence-electron chi connectivity index (χ0n) is 12.7. The van der Waals surface area contributed by atoms with Crippen molar-refractivity contribution in [3.8, 4) is 0 Å². The SMILES string of the molecule is CNC(Cc1cc(Br)ccc1F)C(C)(C)c1ccccc1. The Balaban J connectivity index is 2.29. The molecule has 0 aliphatic rings. The van der Waals surface area contributed by atoms with Crippen molar-refractivity contribution in [3.63, 3.8) is 0 Å². The Morgan fingerprint density at radius 1 is 1.14 bits per heavy atom. The van der Waals surface area contributed by atoms with E-state index >= 15 is 0 Å². The van der Waals surface area contributed by atoms with E-state index in [0.717, 1.165) is 10.0 Å². The first-order valence-electron chi connectivity index (χ1n) is 7.12. The van der Waals surface area contributed by atoms with Crippen molar-refractivity contribution >= 4 is 15.9 Å². The Morgan fingerprint density at radius 2 is 1.81 bits per heavy atom. The van der Waals surface area contributed by atoms with E-state index in [9.17, 15) is 4.39 Å². The van der Waals surface area contributed by atoms with Gasteiger partial charge in [-0.25, -0.2) is 4.39 Å². The lowest BCUT2D eigenvalue weighted by Gasteiger charge is -2.35. The molecule has 0 aliphatic heterocycles. The zero-order valence-corrected chi connectivity index (χ0v) is 14.2. The Morgan fingerprint density at radius 3 is 2.43 bits per heavy atom. The van der Waals surface area contributed by atoms with Crippen LogP contribution >= 0.6 is 15.9 Å². The lowest BCUT2D eigenvalue weighted by molar-refractivity contribution is 0.353. The molecule has 1 unspecified atom stereocenters. The van der Waals surface area contributed by atoms with Crippen molar-refractivity contribution in [2.75, 3.05) is 7.05 Å². The van der Waals surface area contributed by atoms with Gasteiger partial charge in [-0.05, 0) is 42.8 Å². The molecular formula is C18H21BrFN. The lowest BCUT2D eigenvalue weighted by Crippen LogP contribution is -2.44. The van der Waals surface area contributed by atoms with E-state index in [2.05, 4.69) is 47.2 Å². The molecule has 0 spiro atoms. The van der Waals surface area contributed by atoms with Crippen molar-refractivity contribution in [3.05, 3.63) is 69.9 Å². The van der Waals surface area contributed by atoms with Gasteiger partial charge in [0.25, 0.3) is 0 Å². The van der Waals surface area contributed by atoms with Gasteiger partial charge in [-0.15, -0.1) is 0 Å². The fraction of sp³-hybridized carbons (Fsp3) is 0.333. The normalized spacial score (nSPS) is 13.2. The molecule has 0 amide bonds. The predicted molar refractivity (Wildman–Crippen MR) is 90.1 cm³/mol. The highest BCUT2D eigenvalue weighted by Crippen LogP contribution is 2.30. The summed E-state index contributed by atoms with van der Waals surface area (Å²) in [7, 11) is 1.94. The van der Waals surface area contributed by atoms with E-state index in [0.29, 0.717) is 6.42 Å². The maximum absolute atomic E-state index is 14.0. The van der Waals surface area contributed by atoms with Gasteiger partial charge in [0, 0.05) is 15.9 Å². The van der Waals surface area contributed by atoms with Gasteiger partial charge in [-0.1, -0.05) is 60.1 Å². The second-order valence-corrected chi connectivity index (χ2v) is 6.78. The second-order valence-electron chi connectivity index (χ2n) is 5.87. The van der Waals surface area contributed by atoms with Crippen LogP contribution in [0.2, 0.25) is 0 Å². The molecule has 0 aliphatic carbocycles. The summed E-state index contributed by atoms with van der Waals surface area (Å²) in [5.74, 6) is -0.151. The molecule has 21 heavy (non-hydrogen) atoms. The van der Waals surface area contributed by atoms with Gasteiger partial charge in [-0.2, -0.15) is 0 Å². The maximum Gasteiger partial charge on any atom is 0.126 e. The number of hydrogen-bond acceptors (Lipinski definition) is 1. The smallest absolute Gasteiger partial charge is 0.126 e. The molecule has 1 atom stereocenters. The third-order valence-electron chi connectivity index (χ3n) is 4.17. The Labute approximate surface area is 134 Å².